The van der Waals surface area contributed by atoms with Crippen molar-refractivity contribution in [1.29, 1.82) is 0 Å². The molecule has 0 heterocycles. The van der Waals surface area contributed by atoms with E-state index in [2.05, 4.69) is 5.32 Å². The van der Waals surface area contributed by atoms with E-state index in [1.165, 1.54) is 25.2 Å². The molecule has 86 valence electrons. The van der Waals surface area contributed by atoms with Crippen LogP contribution in [0.25, 0.3) is 0 Å². The van der Waals surface area contributed by atoms with Crippen molar-refractivity contribution in [3.8, 4) is 5.75 Å². The molecule has 0 aliphatic heterocycles. The van der Waals surface area contributed by atoms with Crippen LogP contribution >= 0.6 is 11.6 Å². The summed E-state index contributed by atoms with van der Waals surface area (Å²) in [5, 5.41) is 13.1. The van der Waals surface area contributed by atoms with Gasteiger partial charge in [-0.05, 0) is 6.07 Å². The Morgan fingerprint density at radius 1 is 1.62 bits per heavy atom. The molecule has 6 nitrogen and oxygen atoms in total. The SMILES string of the molecule is CNC(=O)COc1cc([N+](=O)[O-])ccc1Cl. The smallest absolute Gasteiger partial charge is 0.273 e. The van der Waals surface area contributed by atoms with E-state index in [9.17, 15) is 14.9 Å². The van der Waals surface area contributed by atoms with Crippen LogP contribution < -0.4 is 10.1 Å². The molecule has 1 aromatic rings. The van der Waals surface area contributed by atoms with Gasteiger partial charge in [0.05, 0.1) is 16.0 Å². The van der Waals surface area contributed by atoms with Gasteiger partial charge in [-0.2, -0.15) is 0 Å². The Morgan fingerprint density at radius 2 is 2.31 bits per heavy atom. The maximum atomic E-state index is 10.9. The number of benzene rings is 1. The summed E-state index contributed by atoms with van der Waals surface area (Å²) in [6.07, 6.45) is 0. The van der Waals surface area contributed by atoms with E-state index in [0.717, 1.165) is 0 Å². The monoisotopic (exact) mass is 244 g/mol. The molecular formula is C9H9ClN2O4. The van der Waals surface area contributed by atoms with E-state index in [-0.39, 0.29) is 29.0 Å². The molecule has 0 bridgehead atoms. The highest BCUT2D eigenvalue weighted by molar-refractivity contribution is 6.32. The molecule has 0 radical (unpaired) electrons. The van der Waals surface area contributed by atoms with Gasteiger partial charge in [-0.25, -0.2) is 0 Å². The first-order chi connectivity index (χ1) is 7.54. The van der Waals surface area contributed by atoms with Gasteiger partial charge in [-0.3, -0.25) is 14.9 Å². The lowest BCUT2D eigenvalue weighted by molar-refractivity contribution is -0.384. The van der Waals surface area contributed by atoms with Gasteiger partial charge in [0.25, 0.3) is 11.6 Å². The van der Waals surface area contributed by atoms with Gasteiger partial charge >= 0.3 is 0 Å². The number of nitrogens with zero attached hydrogens (tertiary/aromatic N) is 1. The van der Waals surface area contributed by atoms with Crippen LogP contribution in [0.2, 0.25) is 5.02 Å². The zero-order valence-electron chi connectivity index (χ0n) is 8.40. The molecule has 0 atom stereocenters. The number of rotatable bonds is 4. The van der Waals surface area contributed by atoms with Gasteiger partial charge < -0.3 is 10.1 Å². The molecule has 0 aromatic heterocycles. The maximum Gasteiger partial charge on any atom is 0.273 e. The Kier molecular flexibility index (Phi) is 4.07. The van der Waals surface area contributed by atoms with Crippen molar-refractivity contribution in [2.45, 2.75) is 0 Å². The molecule has 0 spiro atoms. The fourth-order valence-corrected chi connectivity index (χ4v) is 1.10. The zero-order chi connectivity index (χ0) is 12.1. The normalized spacial score (nSPS) is 9.62. The fourth-order valence-electron chi connectivity index (χ4n) is 0.932. The Bertz CT molecular complexity index is 422. The second-order valence-electron chi connectivity index (χ2n) is 2.83. The minimum atomic E-state index is -0.566. The van der Waals surface area contributed by atoms with Crippen molar-refractivity contribution < 1.29 is 14.5 Å². The third-order valence-electron chi connectivity index (χ3n) is 1.76. The van der Waals surface area contributed by atoms with Crippen LogP contribution in [0.4, 0.5) is 5.69 Å². The molecule has 0 aliphatic rings. The first-order valence-electron chi connectivity index (χ1n) is 4.32. The number of amides is 1. The van der Waals surface area contributed by atoms with Crippen LogP contribution in [0.3, 0.4) is 0 Å². The van der Waals surface area contributed by atoms with Crippen LogP contribution in [-0.4, -0.2) is 24.5 Å². The molecule has 1 amide bonds. The lowest BCUT2D eigenvalue weighted by Crippen LogP contribution is -2.24. The molecule has 1 rings (SSSR count). The number of non-ortho nitro benzene ring substituents is 1. The molecule has 1 aromatic carbocycles. The van der Waals surface area contributed by atoms with E-state index in [0.29, 0.717) is 0 Å². The maximum absolute atomic E-state index is 10.9. The van der Waals surface area contributed by atoms with Gasteiger partial charge in [0.15, 0.2) is 6.61 Å². The van der Waals surface area contributed by atoms with Crippen LogP contribution in [0.15, 0.2) is 18.2 Å². The number of nitro benzene ring substituents is 1. The zero-order valence-corrected chi connectivity index (χ0v) is 9.15. The Morgan fingerprint density at radius 3 is 2.88 bits per heavy atom. The highest BCUT2D eigenvalue weighted by Crippen LogP contribution is 2.28. The van der Waals surface area contributed by atoms with E-state index in [1.54, 1.807) is 0 Å². The highest BCUT2D eigenvalue weighted by Gasteiger charge is 2.11. The Labute approximate surface area is 96.3 Å². The molecule has 0 saturated carbocycles. The number of hydrogen-bond acceptors (Lipinski definition) is 4. The van der Waals surface area contributed by atoms with Crippen molar-refractivity contribution in [3.63, 3.8) is 0 Å². The summed E-state index contributed by atoms with van der Waals surface area (Å²) in [7, 11) is 1.46. The second kappa shape index (κ2) is 5.32. The first kappa shape index (κ1) is 12.3. The average molecular weight is 245 g/mol. The third kappa shape index (κ3) is 3.09. The summed E-state index contributed by atoms with van der Waals surface area (Å²) in [6.45, 7) is -0.239. The Balaban J connectivity index is 2.82. The minimum absolute atomic E-state index is 0.111. The molecular weight excluding hydrogens is 236 g/mol. The summed E-state index contributed by atoms with van der Waals surface area (Å²) in [5.41, 5.74) is -0.142. The summed E-state index contributed by atoms with van der Waals surface area (Å²) >= 11 is 5.75. The predicted molar refractivity (Wildman–Crippen MR) is 57.7 cm³/mol. The van der Waals surface area contributed by atoms with Crippen molar-refractivity contribution in [2.24, 2.45) is 0 Å². The Hall–Kier alpha value is -1.82. The predicted octanol–water partition coefficient (Wildman–Crippen LogP) is 1.37. The number of nitro groups is 1. The van der Waals surface area contributed by atoms with Crippen molar-refractivity contribution in [2.75, 3.05) is 13.7 Å². The van der Waals surface area contributed by atoms with E-state index in [4.69, 9.17) is 16.3 Å². The van der Waals surface area contributed by atoms with Crippen molar-refractivity contribution in [3.05, 3.63) is 33.3 Å². The lowest BCUT2D eigenvalue weighted by Gasteiger charge is -2.06. The third-order valence-corrected chi connectivity index (χ3v) is 2.08. The average Bonchev–Trinajstić information content (AvgIpc) is 2.27. The van der Waals surface area contributed by atoms with E-state index < -0.39 is 4.92 Å². The summed E-state index contributed by atoms with van der Waals surface area (Å²) < 4.78 is 5.03. The summed E-state index contributed by atoms with van der Waals surface area (Å²) in [6, 6.07) is 3.78. The fraction of sp³-hybridized carbons (Fsp3) is 0.222. The second-order valence-corrected chi connectivity index (χ2v) is 3.24. The molecule has 1 N–H and O–H groups in total. The largest absolute Gasteiger partial charge is 0.482 e. The summed E-state index contributed by atoms with van der Waals surface area (Å²) in [5.74, 6) is -0.234. The van der Waals surface area contributed by atoms with Crippen LogP contribution in [0.1, 0.15) is 0 Å². The number of nitrogens with one attached hydrogen (secondary N) is 1. The molecule has 0 fully saturated rings. The molecule has 0 unspecified atom stereocenters. The van der Waals surface area contributed by atoms with E-state index in [1.807, 2.05) is 0 Å². The number of carbonyl (C=O) groups is 1. The van der Waals surface area contributed by atoms with Crippen LogP contribution in [0, 0.1) is 10.1 Å². The van der Waals surface area contributed by atoms with Crippen molar-refractivity contribution >= 4 is 23.2 Å². The van der Waals surface area contributed by atoms with Crippen LogP contribution in [0.5, 0.6) is 5.75 Å². The molecule has 0 aliphatic carbocycles. The summed E-state index contributed by atoms with van der Waals surface area (Å²) in [4.78, 5) is 20.8. The topological polar surface area (TPSA) is 81.5 Å². The standard InChI is InChI=1S/C9H9ClN2O4/c1-11-9(13)5-16-8-4-6(12(14)15)2-3-7(8)10/h2-4H,5H2,1H3,(H,11,13). The van der Waals surface area contributed by atoms with Gasteiger partial charge in [-0.1, -0.05) is 11.6 Å². The highest BCUT2D eigenvalue weighted by atomic mass is 35.5. The van der Waals surface area contributed by atoms with Gasteiger partial charge in [-0.15, -0.1) is 0 Å². The number of ether oxygens (including phenoxy) is 1. The van der Waals surface area contributed by atoms with Crippen molar-refractivity contribution in [1.82, 2.24) is 5.32 Å². The van der Waals surface area contributed by atoms with Gasteiger partial charge in [0.1, 0.15) is 5.75 Å². The molecule has 16 heavy (non-hydrogen) atoms. The van der Waals surface area contributed by atoms with Crippen LogP contribution in [-0.2, 0) is 4.79 Å². The molecule has 0 saturated heterocycles. The van der Waals surface area contributed by atoms with Gasteiger partial charge in [0, 0.05) is 13.1 Å². The number of hydrogen-bond donors (Lipinski definition) is 1. The lowest BCUT2D eigenvalue weighted by atomic mass is 10.3. The minimum Gasteiger partial charge on any atom is -0.482 e. The number of carbonyl (C=O) groups excluding carboxylic acids is 1. The van der Waals surface area contributed by atoms with Gasteiger partial charge in [0.2, 0.25) is 0 Å². The molecule has 7 heteroatoms. The quantitative estimate of drug-likeness (QED) is 0.641. The first-order valence-corrected chi connectivity index (χ1v) is 4.69. The number of halogens is 1. The van der Waals surface area contributed by atoms with E-state index >= 15 is 0 Å². The number of likely N-dealkylation sites (N-methyl/N-ethyl adjacent to an activating group) is 1.